The lowest BCUT2D eigenvalue weighted by molar-refractivity contribution is 0.102. The molecule has 0 fully saturated rings. The van der Waals surface area contributed by atoms with Gasteiger partial charge < -0.3 is 14.5 Å². The molecule has 4 aromatic rings. The number of rotatable bonds is 4. The first kappa shape index (κ1) is 20.0. The van der Waals surface area contributed by atoms with Crippen molar-refractivity contribution in [1.29, 1.82) is 0 Å². The van der Waals surface area contributed by atoms with E-state index in [-0.39, 0.29) is 10.6 Å². The number of fused-ring (bicyclic) bond motifs is 1. The Hall–Kier alpha value is -3.28. The van der Waals surface area contributed by atoms with Gasteiger partial charge in [-0.1, -0.05) is 47.5 Å². The molecule has 1 heterocycles. The summed E-state index contributed by atoms with van der Waals surface area (Å²) in [6, 6.07) is 18.7. The van der Waals surface area contributed by atoms with Crippen molar-refractivity contribution < 1.29 is 13.9 Å². The first-order valence-electron chi connectivity index (χ1n) is 8.94. The molecule has 0 aliphatic heterocycles. The lowest BCUT2D eigenvalue weighted by Crippen LogP contribution is -2.13. The van der Waals surface area contributed by atoms with Crippen LogP contribution in [0.1, 0.15) is 10.4 Å². The van der Waals surface area contributed by atoms with Gasteiger partial charge in [0.2, 0.25) is 0 Å². The van der Waals surface area contributed by atoms with Crippen molar-refractivity contribution in [2.24, 2.45) is 0 Å². The predicted molar refractivity (Wildman–Crippen MR) is 119 cm³/mol. The average Bonchev–Trinajstić information content (AvgIpc) is 2.74. The van der Waals surface area contributed by atoms with Gasteiger partial charge in [-0.25, -0.2) is 4.79 Å². The van der Waals surface area contributed by atoms with E-state index in [0.717, 1.165) is 5.39 Å². The number of nitrogens with one attached hydrogen (secondary N) is 1. The Labute approximate surface area is 181 Å². The van der Waals surface area contributed by atoms with Crippen LogP contribution >= 0.6 is 23.2 Å². The van der Waals surface area contributed by atoms with Crippen LogP contribution in [0.3, 0.4) is 0 Å². The second-order valence-corrected chi connectivity index (χ2v) is 7.32. The molecule has 0 aliphatic carbocycles. The van der Waals surface area contributed by atoms with Crippen LogP contribution < -0.4 is 15.7 Å². The summed E-state index contributed by atoms with van der Waals surface area (Å²) in [5.41, 5.74) is 1.57. The van der Waals surface area contributed by atoms with Gasteiger partial charge in [-0.05, 0) is 48.0 Å². The van der Waals surface area contributed by atoms with Gasteiger partial charge in [-0.3, -0.25) is 4.79 Å². The lowest BCUT2D eigenvalue weighted by Gasteiger charge is -2.13. The van der Waals surface area contributed by atoms with E-state index in [2.05, 4.69) is 5.32 Å². The number of amides is 1. The maximum absolute atomic E-state index is 12.8. The van der Waals surface area contributed by atoms with E-state index in [4.69, 9.17) is 32.4 Å². The van der Waals surface area contributed by atoms with Crippen LogP contribution in [0.5, 0.6) is 5.75 Å². The van der Waals surface area contributed by atoms with E-state index < -0.39 is 11.5 Å². The van der Waals surface area contributed by atoms with Crippen molar-refractivity contribution >= 4 is 45.8 Å². The monoisotopic (exact) mass is 439 g/mol. The summed E-state index contributed by atoms with van der Waals surface area (Å²) in [5, 5.41) is 4.22. The molecule has 0 saturated heterocycles. The van der Waals surface area contributed by atoms with E-state index in [1.807, 2.05) is 12.1 Å². The normalized spacial score (nSPS) is 10.8. The maximum atomic E-state index is 12.8. The third-order valence-electron chi connectivity index (χ3n) is 4.57. The first-order chi connectivity index (χ1) is 14.5. The van der Waals surface area contributed by atoms with Crippen LogP contribution in [0.4, 0.5) is 5.69 Å². The number of para-hydroxylation sites is 1. The van der Waals surface area contributed by atoms with Crippen molar-refractivity contribution in [2.45, 2.75) is 0 Å². The second-order valence-electron chi connectivity index (χ2n) is 6.48. The molecule has 4 rings (SSSR count). The van der Waals surface area contributed by atoms with Gasteiger partial charge in [-0.15, -0.1) is 0 Å². The largest absolute Gasteiger partial charge is 0.495 e. The third kappa shape index (κ3) is 3.90. The second kappa shape index (κ2) is 8.22. The van der Waals surface area contributed by atoms with Gasteiger partial charge in [0.1, 0.15) is 11.3 Å². The quantitative estimate of drug-likeness (QED) is 0.394. The number of ether oxygens (including phenoxy) is 1. The van der Waals surface area contributed by atoms with E-state index in [9.17, 15) is 9.59 Å². The molecule has 0 unspecified atom stereocenters. The molecule has 30 heavy (non-hydrogen) atoms. The van der Waals surface area contributed by atoms with Gasteiger partial charge in [0, 0.05) is 10.4 Å². The molecule has 1 aromatic heterocycles. The van der Waals surface area contributed by atoms with E-state index in [0.29, 0.717) is 33.2 Å². The molecule has 0 atom stereocenters. The number of methoxy groups -OCH3 is 1. The summed E-state index contributed by atoms with van der Waals surface area (Å²) < 4.78 is 10.8. The summed E-state index contributed by atoms with van der Waals surface area (Å²) in [4.78, 5) is 25.3. The zero-order chi connectivity index (χ0) is 21.3. The summed E-state index contributed by atoms with van der Waals surface area (Å²) in [5.74, 6) is -0.0288. The standard InChI is InChI=1S/C23H15Cl2NO4/c1-29-21-9-6-13(16-10-14-4-2-3-5-20(14)30-23(16)28)11-19(21)26-22(27)17-12-15(24)7-8-18(17)25/h2-12H,1H3,(H,26,27). The Balaban J connectivity index is 1.76. The highest BCUT2D eigenvalue weighted by atomic mass is 35.5. The number of hydrogen-bond acceptors (Lipinski definition) is 4. The Morgan fingerprint density at radius 3 is 2.60 bits per heavy atom. The van der Waals surface area contributed by atoms with E-state index >= 15 is 0 Å². The highest BCUT2D eigenvalue weighted by molar-refractivity contribution is 6.36. The molecule has 0 aliphatic rings. The zero-order valence-electron chi connectivity index (χ0n) is 15.7. The Kier molecular flexibility index (Phi) is 5.48. The summed E-state index contributed by atoms with van der Waals surface area (Å²) in [7, 11) is 1.49. The molecule has 1 N–H and O–H groups in total. The fraction of sp³-hybridized carbons (Fsp3) is 0.0435. The highest BCUT2D eigenvalue weighted by Crippen LogP contribution is 2.31. The molecular weight excluding hydrogens is 425 g/mol. The minimum absolute atomic E-state index is 0.224. The van der Waals surface area contributed by atoms with Gasteiger partial charge in [0.05, 0.1) is 28.9 Å². The molecule has 150 valence electrons. The van der Waals surface area contributed by atoms with Crippen molar-refractivity contribution in [3.05, 3.63) is 92.8 Å². The molecular formula is C23H15Cl2NO4. The molecule has 3 aromatic carbocycles. The molecule has 0 saturated carbocycles. The minimum Gasteiger partial charge on any atom is -0.495 e. The molecule has 0 spiro atoms. The predicted octanol–water partition coefficient (Wildman–Crippen LogP) is 6.03. The Morgan fingerprint density at radius 2 is 1.80 bits per heavy atom. The number of benzene rings is 3. The minimum atomic E-state index is -0.478. The lowest BCUT2D eigenvalue weighted by atomic mass is 10.0. The maximum Gasteiger partial charge on any atom is 0.344 e. The van der Waals surface area contributed by atoms with Crippen LogP contribution in [-0.2, 0) is 0 Å². The smallest absolute Gasteiger partial charge is 0.344 e. The fourth-order valence-corrected chi connectivity index (χ4v) is 3.47. The summed E-state index contributed by atoms with van der Waals surface area (Å²) in [6.07, 6.45) is 0. The molecule has 5 nitrogen and oxygen atoms in total. The number of carbonyl (C=O) groups excluding carboxylic acids is 1. The van der Waals surface area contributed by atoms with Crippen molar-refractivity contribution in [1.82, 2.24) is 0 Å². The molecule has 7 heteroatoms. The molecule has 1 amide bonds. The number of anilines is 1. The zero-order valence-corrected chi connectivity index (χ0v) is 17.3. The van der Waals surface area contributed by atoms with Gasteiger partial charge in [0.25, 0.3) is 5.91 Å². The van der Waals surface area contributed by atoms with Crippen molar-refractivity contribution in [3.63, 3.8) is 0 Å². The van der Waals surface area contributed by atoms with Crippen LogP contribution in [0.15, 0.2) is 75.9 Å². The SMILES string of the molecule is COc1ccc(-c2cc3ccccc3oc2=O)cc1NC(=O)c1cc(Cl)ccc1Cl. The average molecular weight is 440 g/mol. The number of halogens is 2. The first-order valence-corrected chi connectivity index (χ1v) is 9.69. The molecule has 0 radical (unpaired) electrons. The Morgan fingerprint density at radius 1 is 1.00 bits per heavy atom. The van der Waals surface area contributed by atoms with Crippen molar-refractivity contribution in [2.75, 3.05) is 12.4 Å². The topological polar surface area (TPSA) is 68.5 Å². The molecule has 0 bridgehead atoms. The van der Waals surface area contributed by atoms with Gasteiger partial charge in [0.15, 0.2) is 0 Å². The van der Waals surface area contributed by atoms with E-state index in [1.165, 1.54) is 13.2 Å². The van der Waals surface area contributed by atoms with Crippen LogP contribution in [0.2, 0.25) is 10.0 Å². The van der Waals surface area contributed by atoms with Gasteiger partial charge >= 0.3 is 5.63 Å². The number of carbonyl (C=O) groups is 1. The fourth-order valence-electron chi connectivity index (χ4n) is 3.10. The Bertz CT molecular complexity index is 1330. The number of hydrogen-bond donors (Lipinski definition) is 1. The summed E-state index contributed by atoms with van der Waals surface area (Å²) in [6.45, 7) is 0. The van der Waals surface area contributed by atoms with Crippen molar-refractivity contribution in [3.8, 4) is 16.9 Å². The van der Waals surface area contributed by atoms with E-state index in [1.54, 1.807) is 48.5 Å². The highest BCUT2D eigenvalue weighted by Gasteiger charge is 2.16. The summed E-state index contributed by atoms with van der Waals surface area (Å²) >= 11 is 12.1. The van der Waals surface area contributed by atoms with Crippen LogP contribution in [0.25, 0.3) is 22.1 Å². The van der Waals surface area contributed by atoms with Gasteiger partial charge in [-0.2, -0.15) is 0 Å². The third-order valence-corrected chi connectivity index (χ3v) is 5.14. The van der Waals surface area contributed by atoms with Crippen LogP contribution in [0, 0.1) is 0 Å². The van der Waals surface area contributed by atoms with Crippen LogP contribution in [-0.4, -0.2) is 13.0 Å².